The molecule has 1 rings (SSSR count). The van der Waals surface area contributed by atoms with Gasteiger partial charge >= 0.3 is 0 Å². The van der Waals surface area contributed by atoms with Gasteiger partial charge in [-0.05, 0) is 36.6 Å². The summed E-state index contributed by atoms with van der Waals surface area (Å²) in [6.07, 6.45) is 13.3. The maximum atomic E-state index is 12.5. The first-order chi connectivity index (χ1) is 11.7. The number of carbonyl (C=O) groups is 1. The van der Waals surface area contributed by atoms with Gasteiger partial charge in [-0.25, -0.2) is 0 Å². The molecule has 0 aliphatic heterocycles. The van der Waals surface area contributed by atoms with Crippen molar-refractivity contribution in [2.24, 2.45) is 0 Å². The second-order valence-corrected chi connectivity index (χ2v) is 7.25. The topological polar surface area (TPSA) is 20.3 Å². The van der Waals surface area contributed by atoms with Gasteiger partial charge < -0.3 is 4.90 Å². The molecule has 3 heteroatoms. The number of halogens is 1. The second kappa shape index (κ2) is 13.2. The second-order valence-electron chi connectivity index (χ2n) is 6.33. The lowest BCUT2D eigenvalue weighted by molar-refractivity contribution is -0.126. The fraction of sp³-hybridized carbons (Fsp3) is 0.571. The summed E-state index contributed by atoms with van der Waals surface area (Å²) < 4.78 is 1.06. The Kier molecular flexibility index (Phi) is 11.5. The summed E-state index contributed by atoms with van der Waals surface area (Å²) in [7, 11) is 0. The van der Waals surface area contributed by atoms with E-state index in [4.69, 9.17) is 0 Å². The molecule has 0 aromatic heterocycles. The van der Waals surface area contributed by atoms with Gasteiger partial charge in [0, 0.05) is 23.6 Å². The van der Waals surface area contributed by atoms with Crippen LogP contribution < -0.4 is 0 Å². The molecule has 0 fully saturated rings. The highest BCUT2D eigenvalue weighted by molar-refractivity contribution is 9.10. The highest BCUT2D eigenvalue weighted by atomic mass is 79.9. The van der Waals surface area contributed by atoms with E-state index in [1.165, 1.54) is 38.5 Å². The molecule has 2 nitrogen and oxygen atoms in total. The van der Waals surface area contributed by atoms with Crippen LogP contribution in [0.5, 0.6) is 0 Å². The first-order valence-corrected chi connectivity index (χ1v) is 10.2. The molecule has 0 N–H and O–H groups in total. The fourth-order valence-corrected chi connectivity index (χ4v) is 2.90. The molecule has 0 heterocycles. The SMILES string of the molecule is CCCCCCN(CCCCCC)C(=O)C=Cc1ccc(Br)cc1. The van der Waals surface area contributed by atoms with Crippen LogP contribution in [0.1, 0.15) is 70.8 Å². The quantitative estimate of drug-likeness (QED) is 0.295. The van der Waals surface area contributed by atoms with Crippen molar-refractivity contribution in [3.05, 3.63) is 40.4 Å². The van der Waals surface area contributed by atoms with E-state index in [9.17, 15) is 4.79 Å². The van der Waals surface area contributed by atoms with Gasteiger partial charge in [-0.15, -0.1) is 0 Å². The van der Waals surface area contributed by atoms with E-state index in [2.05, 4.69) is 29.8 Å². The van der Waals surface area contributed by atoms with E-state index in [0.717, 1.165) is 36.0 Å². The van der Waals surface area contributed by atoms with Crippen LogP contribution in [0.2, 0.25) is 0 Å². The molecule has 134 valence electrons. The van der Waals surface area contributed by atoms with E-state index < -0.39 is 0 Å². The Morgan fingerprint density at radius 1 is 0.917 bits per heavy atom. The molecule has 0 spiro atoms. The third-order valence-electron chi connectivity index (χ3n) is 4.16. The van der Waals surface area contributed by atoms with Crippen molar-refractivity contribution in [2.45, 2.75) is 65.2 Å². The standard InChI is InChI=1S/C21H32BrNO/c1-3-5-7-9-17-23(18-10-8-6-4-2)21(24)16-13-19-11-14-20(22)15-12-19/h11-16H,3-10,17-18H2,1-2H3. The van der Waals surface area contributed by atoms with Crippen LogP contribution in [0.25, 0.3) is 6.08 Å². The van der Waals surface area contributed by atoms with Gasteiger partial charge in [-0.2, -0.15) is 0 Å². The minimum atomic E-state index is 0.144. The largest absolute Gasteiger partial charge is 0.339 e. The van der Waals surface area contributed by atoms with Crippen LogP contribution >= 0.6 is 15.9 Å². The Hall–Kier alpha value is -1.09. The van der Waals surface area contributed by atoms with Gasteiger partial charge in [0.25, 0.3) is 0 Å². The Labute approximate surface area is 156 Å². The van der Waals surface area contributed by atoms with Gasteiger partial charge in [-0.1, -0.05) is 80.4 Å². The van der Waals surface area contributed by atoms with Gasteiger partial charge in [0.2, 0.25) is 5.91 Å². The molecular formula is C21H32BrNO. The summed E-state index contributed by atoms with van der Waals surface area (Å²) in [6, 6.07) is 8.02. The van der Waals surface area contributed by atoms with Crippen molar-refractivity contribution < 1.29 is 4.79 Å². The summed E-state index contributed by atoms with van der Waals surface area (Å²) in [4.78, 5) is 14.6. The molecule has 0 saturated carbocycles. The number of unbranched alkanes of at least 4 members (excludes halogenated alkanes) is 6. The number of amides is 1. The lowest BCUT2D eigenvalue weighted by atomic mass is 10.1. The maximum Gasteiger partial charge on any atom is 0.246 e. The number of carbonyl (C=O) groups excluding carboxylic acids is 1. The minimum Gasteiger partial charge on any atom is -0.339 e. The number of nitrogens with zero attached hydrogens (tertiary/aromatic N) is 1. The van der Waals surface area contributed by atoms with Gasteiger partial charge in [-0.3, -0.25) is 4.79 Å². The first-order valence-electron chi connectivity index (χ1n) is 9.40. The molecule has 0 radical (unpaired) electrons. The summed E-state index contributed by atoms with van der Waals surface area (Å²) in [5.41, 5.74) is 1.06. The molecule has 24 heavy (non-hydrogen) atoms. The van der Waals surface area contributed by atoms with Crippen LogP contribution in [-0.2, 0) is 4.79 Å². The van der Waals surface area contributed by atoms with E-state index in [-0.39, 0.29) is 5.91 Å². The average Bonchev–Trinajstić information content (AvgIpc) is 2.59. The molecule has 0 aliphatic carbocycles. The van der Waals surface area contributed by atoms with Crippen molar-refractivity contribution in [1.82, 2.24) is 4.90 Å². The van der Waals surface area contributed by atoms with Crippen LogP contribution in [-0.4, -0.2) is 23.9 Å². The normalized spacial score (nSPS) is 11.1. The lowest BCUT2D eigenvalue weighted by Crippen LogP contribution is -2.31. The zero-order valence-corrected chi connectivity index (χ0v) is 16.9. The fourth-order valence-electron chi connectivity index (χ4n) is 2.64. The molecule has 1 amide bonds. The number of hydrogen-bond acceptors (Lipinski definition) is 1. The zero-order valence-electron chi connectivity index (χ0n) is 15.3. The zero-order chi connectivity index (χ0) is 17.6. The summed E-state index contributed by atoms with van der Waals surface area (Å²) in [6.45, 7) is 6.20. The monoisotopic (exact) mass is 393 g/mol. The molecule has 1 aromatic rings. The molecule has 0 unspecified atom stereocenters. The predicted molar refractivity (Wildman–Crippen MR) is 108 cm³/mol. The van der Waals surface area contributed by atoms with Crippen molar-refractivity contribution in [3.8, 4) is 0 Å². The van der Waals surface area contributed by atoms with Gasteiger partial charge in [0.05, 0.1) is 0 Å². The smallest absolute Gasteiger partial charge is 0.246 e. The summed E-state index contributed by atoms with van der Waals surface area (Å²) in [5.74, 6) is 0.144. The Bertz CT molecular complexity index is 469. The molecular weight excluding hydrogens is 362 g/mol. The summed E-state index contributed by atoms with van der Waals surface area (Å²) >= 11 is 3.43. The number of benzene rings is 1. The minimum absolute atomic E-state index is 0.144. The average molecular weight is 394 g/mol. The van der Waals surface area contributed by atoms with Crippen LogP contribution in [0.15, 0.2) is 34.8 Å². The van der Waals surface area contributed by atoms with Crippen LogP contribution in [0.3, 0.4) is 0 Å². The van der Waals surface area contributed by atoms with Crippen molar-refractivity contribution in [1.29, 1.82) is 0 Å². The third-order valence-corrected chi connectivity index (χ3v) is 4.69. The molecule has 0 aliphatic rings. The maximum absolute atomic E-state index is 12.5. The predicted octanol–water partition coefficient (Wildman–Crippen LogP) is 6.45. The van der Waals surface area contributed by atoms with Gasteiger partial charge in [0.1, 0.15) is 0 Å². The molecule has 0 atom stereocenters. The van der Waals surface area contributed by atoms with Crippen LogP contribution in [0.4, 0.5) is 0 Å². The Morgan fingerprint density at radius 2 is 1.46 bits per heavy atom. The van der Waals surface area contributed by atoms with Crippen molar-refractivity contribution in [2.75, 3.05) is 13.1 Å². The Balaban J connectivity index is 2.54. The number of rotatable bonds is 12. The highest BCUT2D eigenvalue weighted by Gasteiger charge is 2.09. The lowest BCUT2D eigenvalue weighted by Gasteiger charge is -2.21. The van der Waals surface area contributed by atoms with Gasteiger partial charge in [0.15, 0.2) is 0 Å². The molecule has 0 saturated heterocycles. The highest BCUT2D eigenvalue weighted by Crippen LogP contribution is 2.12. The first kappa shape index (κ1) is 21.0. The van der Waals surface area contributed by atoms with Crippen molar-refractivity contribution >= 4 is 27.9 Å². The Morgan fingerprint density at radius 3 is 1.96 bits per heavy atom. The van der Waals surface area contributed by atoms with E-state index >= 15 is 0 Å². The van der Waals surface area contributed by atoms with E-state index in [1.807, 2.05) is 35.2 Å². The molecule has 0 bridgehead atoms. The van der Waals surface area contributed by atoms with E-state index in [1.54, 1.807) is 6.08 Å². The van der Waals surface area contributed by atoms with Crippen molar-refractivity contribution in [3.63, 3.8) is 0 Å². The third kappa shape index (κ3) is 9.27. The van der Waals surface area contributed by atoms with Crippen LogP contribution in [0, 0.1) is 0 Å². The summed E-state index contributed by atoms with van der Waals surface area (Å²) in [5, 5.41) is 0. The number of hydrogen-bond donors (Lipinski definition) is 0. The molecule has 1 aromatic carbocycles. The van der Waals surface area contributed by atoms with E-state index in [0.29, 0.717) is 0 Å².